The van der Waals surface area contributed by atoms with Crippen LogP contribution in [-0.4, -0.2) is 55.9 Å². The number of rotatable bonds is 2. The molecule has 0 bridgehead atoms. The second kappa shape index (κ2) is 8.33. The molecule has 34 heavy (non-hydrogen) atoms. The zero-order chi connectivity index (χ0) is 24.8. The van der Waals surface area contributed by atoms with Crippen LogP contribution < -0.4 is 0 Å². The molecule has 0 atom stereocenters. The molecule has 4 rings (SSSR count). The molecule has 0 saturated carbocycles. The summed E-state index contributed by atoms with van der Waals surface area (Å²) < 4.78 is 77.2. The number of pyridine rings is 1. The summed E-state index contributed by atoms with van der Waals surface area (Å²) in [5, 5.41) is 4.02. The molecule has 1 aromatic carbocycles. The summed E-state index contributed by atoms with van der Waals surface area (Å²) in [5.41, 5.74) is -1.53. The lowest BCUT2D eigenvalue weighted by molar-refractivity contribution is -0.0132. The Kier molecular flexibility index (Phi) is 5.78. The minimum absolute atomic E-state index is 0.0151. The van der Waals surface area contributed by atoms with E-state index in [1.165, 1.54) is 22.8 Å². The summed E-state index contributed by atoms with van der Waals surface area (Å²) in [4.78, 5) is 21.0. The second-order valence-corrected chi connectivity index (χ2v) is 8.74. The van der Waals surface area contributed by atoms with Gasteiger partial charge in [0.25, 0.3) is 5.95 Å². The van der Waals surface area contributed by atoms with E-state index in [-0.39, 0.29) is 35.7 Å². The van der Waals surface area contributed by atoms with E-state index in [1.54, 1.807) is 20.8 Å². The molecule has 1 saturated heterocycles. The van der Waals surface area contributed by atoms with Gasteiger partial charge in [0.05, 0.1) is 12.3 Å². The molecule has 12 heteroatoms. The third-order valence-electron chi connectivity index (χ3n) is 4.99. The fourth-order valence-corrected chi connectivity index (χ4v) is 3.46. The fraction of sp³-hybridized carbons (Fsp3) is 0.364. The number of halogens is 5. The predicted octanol–water partition coefficient (Wildman–Crippen LogP) is 5.16. The van der Waals surface area contributed by atoms with Gasteiger partial charge < -0.3 is 9.64 Å². The van der Waals surface area contributed by atoms with Crippen molar-refractivity contribution in [2.75, 3.05) is 13.1 Å². The van der Waals surface area contributed by atoms with E-state index in [9.17, 15) is 26.7 Å². The summed E-state index contributed by atoms with van der Waals surface area (Å²) in [6.45, 7) is 3.95. The van der Waals surface area contributed by atoms with Gasteiger partial charge >= 0.3 is 12.0 Å². The SMILES string of the molecule is CC(C)(C)OC(=O)N1CCC(=Nc2nc3c(-c4ccc(F)c(F)c4F)cccn3n2)C(F)(F)C1. The molecule has 1 amide bonds. The number of amides is 1. The molecule has 1 aliphatic heterocycles. The molecular formula is C22H20F5N5O2. The first-order valence-corrected chi connectivity index (χ1v) is 10.3. The molecular weight excluding hydrogens is 461 g/mol. The predicted molar refractivity (Wildman–Crippen MR) is 113 cm³/mol. The van der Waals surface area contributed by atoms with E-state index in [0.29, 0.717) is 0 Å². The molecule has 3 heterocycles. The number of ether oxygens (including phenoxy) is 1. The molecule has 1 fully saturated rings. The number of aromatic nitrogens is 3. The molecule has 0 aliphatic carbocycles. The summed E-state index contributed by atoms with van der Waals surface area (Å²) in [6, 6.07) is 4.69. The summed E-state index contributed by atoms with van der Waals surface area (Å²) in [5.74, 6) is -8.18. The number of hydrogen-bond donors (Lipinski definition) is 0. The smallest absolute Gasteiger partial charge is 0.410 e. The highest BCUT2D eigenvalue weighted by molar-refractivity contribution is 5.94. The first-order valence-electron chi connectivity index (χ1n) is 10.3. The lowest BCUT2D eigenvalue weighted by Crippen LogP contribution is -2.52. The first kappa shape index (κ1) is 23.6. The Hall–Kier alpha value is -3.57. The van der Waals surface area contributed by atoms with E-state index in [1.807, 2.05) is 0 Å². The van der Waals surface area contributed by atoms with E-state index in [2.05, 4.69) is 15.1 Å². The van der Waals surface area contributed by atoms with E-state index < -0.39 is 47.3 Å². The van der Waals surface area contributed by atoms with Crippen LogP contribution in [0.1, 0.15) is 27.2 Å². The number of benzene rings is 1. The van der Waals surface area contributed by atoms with Crippen LogP contribution in [0.5, 0.6) is 0 Å². The maximum Gasteiger partial charge on any atom is 0.410 e. The lowest BCUT2D eigenvalue weighted by Gasteiger charge is -2.34. The standard InChI is InChI=1S/C22H20F5N5O2/c1-21(2,3)34-20(33)31-10-8-15(22(26,27)11-31)28-19-29-18-13(5-4-9-32(18)30-19)12-6-7-14(23)17(25)16(12)24/h4-7,9H,8,10-11H2,1-3H3. The highest BCUT2D eigenvalue weighted by Gasteiger charge is 2.44. The van der Waals surface area contributed by atoms with Crippen molar-refractivity contribution in [1.29, 1.82) is 0 Å². The average Bonchev–Trinajstić information content (AvgIpc) is 3.15. The Morgan fingerprint density at radius 1 is 1.12 bits per heavy atom. The van der Waals surface area contributed by atoms with E-state index >= 15 is 0 Å². The molecule has 7 nitrogen and oxygen atoms in total. The topological polar surface area (TPSA) is 72.1 Å². The van der Waals surface area contributed by atoms with Crippen LogP contribution in [0.25, 0.3) is 16.8 Å². The fourth-order valence-electron chi connectivity index (χ4n) is 3.46. The van der Waals surface area contributed by atoms with E-state index in [4.69, 9.17) is 4.74 Å². The third kappa shape index (κ3) is 4.57. The van der Waals surface area contributed by atoms with Gasteiger partial charge in [0.1, 0.15) is 5.60 Å². The van der Waals surface area contributed by atoms with Crippen molar-refractivity contribution in [2.24, 2.45) is 4.99 Å². The van der Waals surface area contributed by atoms with Gasteiger partial charge in [-0.25, -0.2) is 27.5 Å². The van der Waals surface area contributed by atoms with Crippen molar-refractivity contribution in [2.45, 2.75) is 38.7 Å². The molecule has 3 aromatic rings. The zero-order valence-electron chi connectivity index (χ0n) is 18.5. The number of carbonyl (C=O) groups excluding carboxylic acids is 1. The lowest BCUT2D eigenvalue weighted by atomic mass is 10.1. The molecule has 0 unspecified atom stereocenters. The van der Waals surface area contributed by atoms with Gasteiger partial charge in [-0.05, 0) is 45.0 Å². The van der Waals surface area contributed by atoms with Crippen molar-refractivity contribution in [3.05, 3.63) is 47.9 Å². The van der Waals surface area contributed by atoms with Crippen LogP contribution in [0.15, 0.2) is 35.5 Å². The van der Waals surface area contributed by atoms with Gasteiger partial charge in [-0.15, -0.1) is 5.10 Å². The van der Waals surface area contributed by atoms with Gasteiger partial charge in [-0.2, -0.15) is 13.8 Å². The van der Waals surface area contributed by atoms with Crippen LogP contribution >= 0.6 is 0 Å². The summed E-state index contributed by atoms with van der Waals surface area (Å²) in [7, 11) is 0. The van der Waals surface area contributed by atoms with Gasteiger partial charge in [0, 0.05) is 30.3 Å². The minimum Gasteiger partial charge on any atom is -0.444 e. The monoisotopic (exact) mass is 481 g/mol. The Balaban J connectivity index is 1.64. The Labute approximate surface area is 190 Å². The number of nitrogens with zero attached hydrogens (tertiary/aromatic N) is 5. The van der Waals surface area contributed by atoms with E-state index in [0.717, 1.165) is 17.0 Å². The van der Waals surface area contributed by atoms with Crippen molar-refractivity contribution in [1.82, 2.24) is 19.5 Å². The van der Waals surface area contributed by atoms with Gasteiger partial charge in [-0.3, -0.25) is 0 Å². The van der Waals surface area contributed by atoms with Gasteiger partial charge in [0.2, 0.25) is 0 Å². The number of carbonyl (C=O) groups is 1. The minimum atomic E-state index is -3.46. The van der Waals surface area contributed by atoms with Gasteiger partial charge in [0.15, 0.2) is 23.1 Å². The van der Waals surface area contributed by atoms with Gasteiger partial charge in [-0.1, -0.05) is 0 Å². The molecule has 180 valence electrons. The average molecular weight is 481 g/mol. The quantitative estimate of drug-likeness (QED) is 0.374. The number of fused-ring (bicyclic) bond motifs is 1. The maximum atomic E-state index is 14.8. The number of aliphatic imine (C=N–C) groups is 1. The van der Waals surface area contributed by atoms with Crippen LogP contribution in [0.4, 0.5) is 32.7 Å². The van der Waals surface area contributed by atoms with Crippen LogP contribution in [-0.2, 0) is 4.74 Å². The van der Waals surface area contributed by atoms with Crippen molar-refractivity contribution >= 4 is 23.4 Å². The molecule has 1 aliphatic rings. The molecule has 0 N–H and O–H groups in total. The van der Waals surface area contributed by atoms with Crippen LogP contribution in [0.2, 0.25) is 0 Å². The number of alkyl halides is 2. The summed E-state index contributed by atoms with van der Waals surface area (Å²) in [6.07, 6.45) is 0.332. The highest BCUT2D eigenvalue weighted by atomic mass is 19.3. The van der Waals surface area contributed by atoms with Crippen LogP contribution in [0.3, 0.4) is 0 Å². The van der Waals surface area contributed by atoms with Crippen LogP contribution in [0, 0.1) is 17.5 Å². The Morgan fingerprint density at radius 2 is 1.85 bits per heavy atom. The van der Waals surface area contributed by atoms with Crippen molar-refractivity contribution in [3.8, 4) is 11.1 Å². The van der Waals surface area contributed by atoms with Crippen molar-refractivity contribution < 1.29 is 31.5 Å². The first-order chi connectivity index (χ1) is 15.9. The molecule has 2 aromatic heterocycles. The Bertz CT molecular complexity index is 1300. The third-order valence-corrected chi connectivity index (χ3v) is 4.99. The number of likely N-dealkylation sites (tertiary alicyclic amines) is 1. The highest BCUT2D eigenvalue weighted by Crippen LogP contribution is 2.31. The second-order valence-electron chi connectivity index (χ2n) is 8.74. The molecule has 0 spiro atoms. The molecule has 0 radical (unpaired) electrons. The Morgan fingerprint density at radius 3 is 2.53 bits per heavy atom. The maximum absolute atomic E-state index is 14.8. The number of piperidine rings is 1. The normalized spacial score (nSPS) is 17.4. The zero-order valence-corrected chi connectivity index (χ0v) is 18.5. The number of hydrogen-bond acceptors (Lipinski definition) is 5. The van der Waals surface area contributed by atoms with Crippen molar-refractivity contribution in [3.63, 3.8) is 0 Å². The summed E-state index contributed by atoms with van der Waals surface area (Å²) >= 11 is 0. The largest absolute Gasteiger partial charge is 0.444 e.